The molecule has 0 spiro atoms. The van der Waals surface area contributed by atoms with Crippen molar-refractivity contribution in [2.45, 2.75) is 38.2 Å². The summed E-state index contributed by atoms with van der Waals surface area (Å²) >= 11 is 12.7. The van der Waals surface area contributed by atoms with Crippen LogP contribution < -0.4 is 9.47 Å². The minimum Gasteiger partial charge on any atom is -0.493 e. The molecule has 1 aromatic heterocycles. The fourth-order valence-corrected chi connectivity index (χ4v) is 3.79. The number of nitrogens with zero attached hydrogens (tertiary/aromatic N) is 1. The van der Waals surface area contributed by atoms with Gasteiger partial charge in [-0.15, -0.1) is 0 Å². The van der Waals surface area contributed by atoms with E-state index in [4.69, 9.17) is 32.7 Å². The Balaban J connectivity index is 1.98. The Labute approximate surface area is 157 Å². The third-order valence-electron chi connectivity index (χ3n) is 4.46. The fourth-order valence-electron chi connectivity index (χ4n) is 3.15. The molecule has 0 atom stereocenters. The van der Waals surface area contributed by atoms with Gasteiger partial charge in [0, 0.05) is 18.4 Å². The minimum absolute atomic E-state index is 0.0262. The first-order valence-corrected chi connectivity index (χ1v) is 9.18. The maximum absolute atomic E-state index is 9.23. The highest BCUT2D eigenvalue weighted by atomic mass is 35.5. The monoisotopic (exact) mass is 381 g/mol. The number of benzene rings is 1. The first-order valence-electron chi connectivity index (χ1n) is 8.42. The van der Waals surface area contributed by atoms with E-state index in [2.05, 4.69) is 4.98 Å². The van der Waals surface area contributed by atoms with Crippen LogP contribution in [0.3, 0.4) is 0 Å². The molecule has 0 bridgehead atoms. The van der Waals surface area contributed by atoms with Crippen LogP contribution in [0.4, 0.5) is 0 Å². The average molecular weight is 382 g/mol. The molecule has 1 fully saturated rings. The molecule has 0 radical (unpaired) electrons. The second-order valence-electron chi connectivity index (χ2n) is 6.11. The number of methoxy groups -OCH3 is 1. The summed E-state index contributed by atoms with van der Waals surface area (Å²) in [5.41, 5.74) is 2.15. The molecule has 0 aliphatic heterocycles. The quantitative estimate of drug-likeness (QED) is 0.771. The number of hydrogen-bond acceptors (Lipinski definition) is 4. The summed E-state index contributed by atoms with van der Waals surface area (Å²) in [6, 6.07) is 5.66. The molecule has 0 unspecified atom stereocenters. The third-order valence-corrected chi connectivity index (χ3v) is 5.20. The smallest absolute Gasteiger partial charge is 0.162 e. The van der Waals surface area contributed by atoms with E-state index in [-0.39, 0.29) is 12.7 Å². The van der Waals surface area contributed by atoms with Crippen molar-refractivity contribution in [2.24, 2.45) is 0 Å². The van der Waals surface area contributed by atoms with Crippen molar-refractivity contribution in [3.8, 4) is 22.8 Å². The molecule has 4 nitrogen and oxygen atoms in total. The highest BCUT2D eigenvalue weighted by Crippen LogP contribution is 2.38. The minimum atomic E-state index is -0.0262. The second kappa shape index (κ2) is 8.26. The van der Waals surface area contributed by atoms with Gasteiger partial charge in [0.05, 0.1) is 29.0 Å². The van der Waals surface area contributed by atoms with E-state index >= 15 is 0 Å². The highest BCUT2D eigenvalue weighted by molar-refractivity contribution is 6.37. The summed E-state index contributed by atoms with van der Waals surface area (Å²) in [5.74, 6) is 1.39. The Hall–Kier alpha value is -1.49. The maximum atomic E-state index is 9.23. The molecule has 1 heterocycles. The molecule has 1 aromatic carbocycles. The van der Waals surface area contributed by atoms with Crippen LogP contribution in [-0.2, 0) is 6.42 Å². The zero-order valence-electron chi connectivity index (χ0n) is 14.1. The lowest BCUT2D eigenvalue weighted by Gasteiger charge is -2.17. The zero-order valence-corrected chi connectivity index (χ0v) is 15.6. The van der Waals surface area contributed by atoms with Crippen LogP contribution in [-0.4, -0.2) is 29.9 Å². The van der Waals surface area contributed by atoms with Crippen LogP contribution in [0.25, 0.3) is 11.3 Å². The lowest BCUT2D eigenvalue weighted by atomic mass is 10.1. The van der Waals surface area contributed by atoms with Crippen molar-refractivity contribution in [3.63, 3.8) is 0 Å². The predicted octanol–water partition coefficient (Wildman–Crippen LogP) is 4.92. The maximum Gasteiger partial charge on any atom is 0.162 e. The van der Waals surface area contributed by atoms with Crippen LogP contribution in [0, 0.1) is 0 Å². The molecule has 0 amide bonds. The molecular weight excluding hydrogens is 361 g/mol. The summed E-state index contributed by atoms with van der Waals surface area (Å²) in [4.78, 5) is 4.38. The van der Waals surface area contributed by atoms with Crippen molar-refractivity contribution in [2.75, 3.05) is 13.7 Å². The number of aliphatic hydroxyl groups is 1. The number of ether oxygens (including phenoxy) is 2. The lowest BCUT2D eigenvalue weighted by molar-refractivity contribution is 0.201. The van der Waals surface area contributed by atoms with Gasteiger partial charge < -0.3 is 14.6 Å². The average Bonchev–Trinajstić information content (AvgIpc) is 3.12. The van der Waals surface area contributed by atoms with Gasteiger partial charge >= 0.3 is 0 Å². The van der Waals surface area contributed by atoms with Gasteiger partial charge in [-0.25, -0.2) is 0 Å². The predicted molar refractivity (Wildman–Crippen MR) is 99.9 cm³/mol. The van der Waals surface area contributed by atoms with Crippen LogP contribution in [0.5, 0.6) is 11.5 Å². The number of pyridine rings is 1. The molecule has 25 heavy (non-hydrogen) atoms. The summed E-state index contributed by atoms with van der Waals surface area (Å²) in [5, 5.41) is 10.1. The van der Waals surface area contributed by atoms with Crippen molar-refractivity contribution < 1.29 is 14.6 Å². The van der Waals surface area contributed by atoms with E-state index in [0.717, 1.165) is 18.4 Å². The largest absolute Gasteiger partial charge is 0.493 e. The van der Waals surface area contributed by atoms with E-state index in [1.54, 1.807) is 13.3 Å². The highest BCUT2D eigenvalue weighted by Gasteiger charge is 2.20. The second-order valence-corrected chi connectivity index (χ2v) is 6.90. The van der Waals surface area contributed by atoms with Gasteiger partial charge in [-0.3, -0.25) is 4.98 Å². The molecule has 0 saturated heterocycles. The Morgan fingerprint density at radius 3 is 2.64 bits per heavy atom. The molecule has 1 N–H and O–H groups in total. The number of halogens is 2. The molecule has 6 heteroatoms. The van der Waals surface area contributed by atoms with Gasteiger partial charge in [-0.1, -0.05) is 23.2 Å². The Bertz CT molecular complexity index is 746. The number of aromatic nitrogens is 1. The topological polar surface area (TPSA) is 51.6 Å². The van der Waals surface area contributed by atoms with E-state index in [9.17, 15) is 5.11 Å². The standard InChI is InChI=1S/C19H21Cl2NO3/c1-24-16-7-6-12(10-17(16)25-13-4-2-3-5-13)19-18(21)14(8-9-23)15(20)11-22-19/h6-7,10-11,13,23H,2-5,8-9H2,1H3. The van der Waals surface area contributed by atoms with Gasteiger partial charge in [0.15, 0.2) is 11.5 Å². The first kappa shape index (κ1) is 18.3. The molecule has 1 aliphatic rings. The number of rotatable bonds is 6. The van der Waals surface area contributed by atoms with Crippen LogP contribution in [0.2, 0.25) is 10.0 Å². The van der Waals surface area contributed by atoms with Gasteiger partial charge in [-0.2, -0.15) is 0 Å². The van der Waals surface area contributed by atoms with Crippen LogP contribution >= 0.6 is 23.2 Å². The molecule has 3 rings (SSSR count). The van der Waals surface area contributed by atoms with Crippen molar-refractivity contribution in [1.82, 2.24) is 4.98 Å². The van der Waals surface area contributed by atoms with Crippen LogP contribution in [0.15, 0.2) is 24.4 Å². The summed E-state index contributed by atoms with van der Waals surface area (Å²) < 4.78 is 11.6. The summed E-state index contributed by atoms with van der Waals surface area (Å²) in [6.07, 6.45) is 6.69. The Kier molecular flexibility index (Phi) is 6.05. The van der Waals surface area contributed by atoms with E-state index in [1.807, 2.05) is 18.2 Å². The van der Waals surface area contributed by atoms with E-state index < -0.39 is 0 Å². The molecular formula is C19H21Cl2NO3. The molecule has 1 aliphatic carbocycles. The zero-order chi connectivity index (χ0) is 17.8. The third kappa shape index (κ3) is 4.02. The van der Waals surface area contributed by atoms with Gasteiger partial charge in [0.2, 0.25) is 0 Å². The van der Waals surface area contributed by atoms with Gasteiger partial charge in [0.1, 0.15) is 0 Å². The Morgan fingerprint density at radius 2 is 1.96 bits per heavy atom. The van der Waals surface area contributed by atoms with Crippen LogP contribution in [0.1, 0.15) is 31.2 Å². The van der Waals surface area contributed by atoms with Gasteiger partial charge in [-0.05, 0) is 55.9 Å². The van der Waals surface area contributed by atoms with Crippen molar-refractivity contribution >= 4 is 23.2 Å². The fraction of sp³-hybridized carbons (Fsp3) is 0.421. The van der Waals surface area contributed by atoms with Crippen molar-refractivity contribution in [1.29, 1.82) is 0 Å². The number of aliphatic hydroxyl groups excluding tert-OH is 1. The molecule has 2 aromatic rings. The SMILES string of the molecule is COc1ccc(-c2ncc(Cl)c(CCO)c2Cl)cc1OC1CCCC1. The lowest BCUT2D eigenvalue weighted by Crippen LogP contribution is -2.11. The summed E-state index contributed by atoms with van der Waals surface area (Å²) in [7, 11) is 1.63. The van der Waals surface area contributed by atoms with E-state index in [0.29, 0.717) is 39.2 Å². The van der Waals surface area contributed by atoms with Gasteiger partial charge in [0.25, 0.3) is 0 Å². The Morgan fingerprint density at radius 1 is 1.20 bits per heavy atom. The molecule has 1 saturated carbocycles. The normalized spacial score (nSPS) is 14.7. The summed E-state index contributed by atoms with van der Waals surface area (Å²) in [6.45, 7) is -0.0262. The van der Waals surface area contributed by atoms with Crippen molar-refractivity contribution in [3.05, 3.63) is 40.0 Å². The number of hydrogen-bond donors (Lipinski definition) is 1. The van der Waals surface area contributed by atoms with E-state index in [1.165, 1.54) is 12.8 Å². The molecule has 134 valence electrons. The first-order chi connectivity index (χ1) is 12.1.